The molecule has 0 amide bonds. The maximum absolute atomic E-state index is 2.35. The molecule has 0 aromatic carbocycles. The molecule has 0 aliphatic heterocycles. The summed E-state index contributed by atoms with van der Waals surface area (Å²) in [6.45, 7) is 4.70. The Balaban J connectivity index is 0.000000490. The van der Waals surface area contributed by atoms with Crippen LogP contribution in [0.4, 0.5) is 0 Å². The Hall–Kier alpha value is 0.350. The molecule has 1 saturated carbocycles. The summed E-state index contributed by atoms with van der Waals surface area (Å²) in [4.78, 5) is 0. The highest BCUT2D eigenvalue weighted by Gasteiger charge is 2.15. The van der Waals surface area contributed by atoms with Crippen LogP contribution in [0.2, 0.25) is 0 Å². The lowest BCUT2D eigenvalue weighted by Crippen LogP contribution is -1.84. The van der Waals surface area contributed by atoms with Crippen molar-refractivity contribution in [2.45, 2.75) is 33.1 Å². The standard InChI is InChI=1S/C7H14.H2S/c1-6-3-4-7(2)5-6;/h6-7H,3-5H2,1-2H3;1H2/t6-,7?;/m0./s1. The Bertz CT molecular complexity index is 53.4. The minimum atomic E-state index is 0. The van der Waals surface area contributed by atoms with Crippen molar-refractivity contribution in [1.82, 2.24) is 0 Å². The van der Waals surface area contributed by atoms with Crippen molar-refractivity contribution >= 4 is 13.5 Å². The predicted molar refractivity (Wildman–Crippen MR) is 42.6 cm³/mol. The van der Waals surface area contributed by atoms with E-state index in [2.05, 4.69) is 13.8 Å². The van der Waals surface area contributed by atoms with Crippen molar-refractivity contribution in [1.29, 1.82) is 0 Å². The summed E-state index contributed by atoms with van der Waals surface area (Å²) in [7, 11) is 0. The summed E-state index contributed by atoms with van der Waals surface area (Å²) < 4.78 is 0. The van der Waals surface area contributed by atoms with Gasteiger partial charge < -0.3 is 0 Å². The van der Waals surface area contributed by atoms with Gasteiger partial charge in [-0.05, 0) is 18.3 Å². The SMILES string of the molecule is CC1CC[C@H](C)C1.S. The van der Waals surface area contributed by atoms with Gasteiger partial charge in [-0.3, -0.25) is 0 Å². The molecule has 8 heavy (non-hydrogen) atoms. The molecule has 0 spiro atoms. The summed E-state index contributed by atoms with van der Waals surface area (Å²) in [5.41, 5.74) is 0. The third kappa shape index (κ3) is 2.08. The van der Waals surface area contributed by atoms with Gasteiger partial charge in [-0.25, -0.2) is 0 Å². The molecule has 2 atom stereocenters. The van der Waals surface area contributed by atoms with Crippen LogP contribution in [-0.2, 0) is 0 Å². The first-order valence-corrected chi connectivity index (χ1v) is 3.29. The average molecular weight is 132 g/mol. The predicted octanol–water partition coefficient (Wildman–Crippen LogP) is 2.56. The van der Waals surface area contributed by atoms with Crippen LogP contribution < -0.4 is 0 Å². The second-order valence-electron chi connectivity index (χ2n) is 3.02. The first kappa shape index (κ1) is 8.35. The van der Waals surface area contributed by atoms with E-state index in [1.54, 1.807) is 0 Å². The Morgan fingerprint density at radius 3 is 1.50 bits per heavy atom. The molecule has 1 aliphatic carbocycles. The van der Waals surface area contributed by atoms with Crippen LogP contribution in [0.25, 0.3) is 0 Å². The van der Waals surface area contributed by atoms with E-state index in [0.29, 0.717) is 0 Å². The van der Waals surface area contributed by atoms with E-state index in [4.69, 9.17) is 0 Å². The highest BCUT2D eigenvalue weighted by Crippen LogP contribution is 2.29. The van der Waals surface area contributed by atoms with Gasteiger partial charge in [-0.2, -0.15) is 13.5 Å². The highest BCUT2D eigenvalue weighted by molar-refractivity contribution is 7.59. The second-order valence-corrected chi connectivity index (χ2v) is 3.02. The highest BCUT2D eigenvalue weighted by atomic mass is 32.1. The molecule has 0 bridgehead atoms. The molecule has 1 heteroatoms. The van der Waals surface area contributed by atoms with Gasteiger partial charge in [0.15, 0.2) is 0 Å². The first-order valence-electron chi connectivity index (χ1n) is 3.29. The molecule has 0 aromatic heterocycles. The topological polar surface area (TPSA) is 0 Å². The summed E-state index contributed by atoms with van der Waals surface area (Å²) >= 11 is 0. The monoisotopic (exact) mass is 132 g/mol. The van der Waals surface area contributed by atoms with Gasteiger partial charge in [0, 0.05) is 0 Å². The molecule has 1 fully saturated rings. The van der Waals surface area contributed by atoms with Crippen molar-refractivity contribution in [3.8, 4) is 0 Å². The van der Waals surface area contributed by atoms with Crippen LogP contribution in [-0.4, -0.2) is 0 Å². The Morgan fingerprint density at radius 2 is 1.38 bits per heavy atom. The Labute approximate surface area is 59.1 Å². The first-order chi connectivity index (χ1) is 3.29. The van der Waals surface area contributed by atoms with Gasteiger partial charge in [0.05, 0.1) is 0 Å². The summed E-state index contributed by atoms with van der Waals surface area (Å²) in [5.74, 6) is 2.05. The Kier molecular flexibility index (Phi) is 3.54. The van der Waals surface area contributed by atoms with E-state index < -0.39 is 0 Å². The molecule has 0 N–H and O–H groups in total. The van der Waals surface area contributed by atoms with E-state index in [1.807, 2.05) is 0 Å². The maximum atomic E-state index is 2.35. The zero-order valence-corrected chi connectivity index (χ0v) is 6.78. The minimum Gasteiger partial charge on any atom is -0.197 e. The summed E-state index contributed by atoms with van der Waals surface area (Å²) in [6, 6.07) is 0. The maximum Gasteiger partial charge on any atom is -0.0440 e. The second kappa shape index (κ2) is 3.39. The van der Waals surface area contributed by atoms with Crippen LogP contribution in [0.1, 0.15) is 33.1 Å². The fourth-order valence-electron chi connectivity index (χ4n) is 1.49. The summed E-state index contributed by atoms with van der Waals surface area (Å²) in [5, 5.41) is 0. The van der Waals surface area contributed by atoms with Crippen molar-refractivity contribution in [3.05, 3.63) is 0 Å². The van der Waals surface area contributed by atoms with Gasteiger partial charge in [0.2, 0.25) is 0 Å². The normalized spacial score (nSPS) is 36.8. The van der Waals surface area contributed by atoms with E-state index in [-0.39, 0.29) is 13.5 Å². The van der Waals surface area contributed by atoms with Crippen LogP contribution in [0.15, 0.2) is 0 Å². The van der Waals surface area contributed by atoms with Crippen LogP contribution in [0.3, 0.4) is 0 Å². The zero-order valence-electron chi connectivity index (χ0n) is 5.78. The number of hydrogen-bond donors (Lipinski definition) is 0. The fraction of sp³-hybridized carbons (Fsp3) is 1.00. The molecular formula is C7H16S. The molecular weight excluding hydrogens is 116 g/mol. The molecule has 0 aromatic rings. The fourth-order valence-corrected chi connectivity index (χ4v) is 1.49. The average Bonchev–Trinajstić information content (AvgIpc) is 1.87. The van der Waals surface area contributed by atoms with Gasteiger partial charge in [0.25, 0.3) is 0 Å². The zero-order chi connectivity index (χ0) is 5.28. The number of rotatable bonds is 0. The van der Waals surface area contributed by atoms with Crippen LogP contribution in [0.5, 0.6) is 0 Å². The quantitative estimate of drug-likeness (QED) is 0.475. The smallest absolute Gasteiger partial charge is 0.0440 e. The summed E-state index contributed by atoms with van der Waals surface area (Å²) in [6.07, 6.45) is 4.42. The van der Waals surface area contributed by atoms with Crippen molar-refractivity contribution < 1.29 is 0 Å². The lowest BCUT2D eigenvalue weighted by atomic mass is 10.1. The van der Waals surface area contributed by atoms with E-state index in [9.17, 15) is 0 Å². The van der Waals surface area contributed by atoms with E-state index >= 15 is 0 Å². The largest absolute Gasteiger partial charge is 0.197 e. The molecule has 0 saturated heterocycles. The Morgan fingerprint density at radius 1 is 1.00 bits per heavy atom. The lowest BCUT2D eigenvalue weighted by Gasteiger charge is -1.96. The van der Waals surface area contributed by atoms with Crippen LogP contribution >= 0.6 is 13.5 Å². The van der Waals surface area contributed by atoms with Gasteiger partial charge in [-0.1, -0.05) is 26.7 Å². The molecule has 0 heterocycles. The molecule has 1 rings (SSSR count). The molecule has 1 unspecified atom stereocenters. The molecule has 0 radical (unpaired) electrons. The van der Waals surface area contributed by atoms with Gasteiger partial charge in [-0.15, -0.1) is 0 Å². The molecule has 1 aliphatic rings. The van der Waals surface area contributed by atoms with Crippen molar-refractivity contribution in [2.24, 2.45) is 11.8 Å². The van der Waals surface area contributed by atoms with Crippen LogP contribution in [0, 0.1) is 11.8 Å². The van der Waals surface area contributed by atoms with E-state index in [1.165, 1.54) is 19.3 Å². The van der Waals surface area contributed by atoms with E-state index in [0.717, 1.165) is 11.8 Å². The lowest BCUT2D eigenvalue weighted by molar-refractivity contribution is 0.555. The van der Waals surface area contributed by atoms with Crippen molar-refractivity contribution in [2.75, 3.05) is 0 Å². The van der Waals surface area contributed by atoms with Gasteiger partial charge >= 0.3 is 0 Å². The molecule has 50 valence electrons. The molecule has 0 nitrogen and oxygen atoms in total. The third-order valence-electron chi connectivity index (χ3n) is 1.96. The number of hydrogen-bond acceptors (Lipinski definition) is 0. The third-order valence-corrected chi connectivity index (χ3v) is 1.96. The van der Waals surface area contributed by atoms with Gasteiger partial charge in [0.1, 0.15) is 0 Å². The van der Waals surface area contributed by atoms with Crippen molar-refractivity contribution in [3.63, 3.8) is 0 Å². The minimum absolute atomic E-state index is 0.